The van der Waals surface area contributed by atoms with Crippen LogP contribution in [0.25, 0.3) is 0 Å². The Morgan fingerprint density at radius 3 is 2.50 bits per heavy atom. The van der Waals surface area contributed by atoms with Crippen molar-refractivity contribution in [3.63, 3.8) is 0 Å². The van der Waals surface area contributed by atoms with Crippen LogP contribution in [0.15, 0.2) is 24.3 Å². The van der Waals surface area contributed by atoms with Crippen molar-refractivity contribution in [3.8, 4) is 0 Å². The molecular weight excluding hydrogens is 408 g/mol. The van der Waals surface area contributed by atoms with E-state index in [1.165, 1.54) is 4.31 Å². The Morgan fingerprint density at radius 1 is 1.13 bits per heavy atom. The number of sulfonamides is 1. The Bertz CT molecular complexity index is 803. The van der Waals surface area contributed by atoms with E-state index in [2.05, 4.69) is 15.5 Å². The summed E-state index contributed by atoms with van der Waals surface area (Å²) in [6.07, 6.45) is -0.273. The van der Waals surface area contributed by atoms with Crippen molar-refractivity contribution >= 4 is 21.7 Å². The Kier molecular flexibility index (Phi) is 8.06. The number of hydrogen-bond acceptors (Lipinski definition) is 6. The lowest BCUT2D eigenvalue weighted by atomic mass is 10.1. The first-order valence-electron chi connectivity index (χ1n) is 10.4. The van der Waals surface area contributed by atoms with Crippen molar-refractivity contribution in [2.75, 3.05) is 57.0 Å². The number of morpholine rings is 2. The van der Waals surface area contributed by atoms with E-state index in [0.717, 1.165) is 30.9 Å². The normalized spacial score (nSPS) is 23.8. The summed E-state index contributed by atoms with van der Waals surface area (Å²) in [5.74, 6) is -0.144. The third-order valence-electron chi connectivity index (χ3n) is 5.19. The van der Waals surface area contributed by atoms with Crippen LogP contribution < -0.4 is 10.6 Å². The smallest absolute Gasteiger partial charge is 0.319 e. The third kappa shape index (κ3) is 6.64. The molecule has 10 heteroatoms. The SMILES string of the molecule is C[C@@H]1CN(S(=O)(=O)CCNC(=O)Nc2ccccc2CN2CCOCC2)C[C@@H](C)O1. The van der Waals surface area contributed by atoms with Crippen molar-refractivity contribution < 1.29 is 22.7 Å². The molecule has 2 N–H and O–H groups in total. The molecule has 2 heterocycles. The molecule has 0 radical (unpaired) electrons. The molecule has 2 saturated heterocycles. The minimum absolute atomic E-state index is 0.0416. The highest BCUT2D eigenvalue weighted by Gasteiger charge is 2.30. The van der Waals surface area contributed by atoms with Crippen LogP contribution in [0.2, 0.25) is 0 Å². The summed E-state index contributed by atoms with van der Waals surface area (Å²) in [4.78, 5) is 14.6. The van der Waals surface area contributed by atoms with Gasteiger partial charge in [-0.3, -0.25) is 4.90 Å². The Balaban J connectivity index is 1.49. The standard InChI is InChI=1S/C20H32N4O5S/c1-16-13-24(14-17(2)29-16)30(26,27)12-7-21-20(25)22-19-6-4-3-5-18(19)15-23-8-10-28-11-9-23/h3-6,16-17H,7-15H2,1-2H3,(H2,21,22,25)/t16-,17-/m1/s1. The van der Waals surface area contributed by atoms with Crippen LogP contribution >= 0.6 is 0 Å². The van der Waals surface area contributed by atoms with Crippen molar-refractivity contribution in [2.24, 2.45) is 0 Å². The molecule has 30 heavy (non-hydrogen) atoms. The maximum Gasteiger partial charge on any atom is 0.319 e. The lowest BCUT2D eigenvalue weighted by Crippen LogP contribution is -2.49. The molecule has 2 aliphatic heterocycles. The zero-order valence-corrected chi connectivity index (χ0v) is 18.5. The molecule has 2 aliphatic rings. The molecule has 0 saturated carbocycles. The van der Waals surface area contributed by atoms with Gasteiger partial charge in [-0.2, -0.15) is 4.31 Å². The Hall–Kier alpha value is -1.72. The molecule has 0 unspecified atom stereocenters. The number of carbonyl (C=O) groups excluding carboxylic acids is 1. The molecule has 0 bridgehead atoms. The van der Waals surface area contributed by atoms with Crippen LogP contribution in [0.3, 0.4) is 0 Å². The fraction of sp³-hybridized carbons (Fsp3) is 0.650. The molecule has 2 fully saturated rings. The minimum atomic E-state index is -3.45. The number of anilines is 1. The minimum Gasteiger partial charge on any atom is -0.379 e. The zero-order chi connectivity index (χ0) is 21.6. The van der Waals surface area contributed by atoms with E-state index in [4.69, 9.17) is 9.47 Å². The first kappa shape index (κ1) is 23.0. The summed E-state index contributed by atoms with van der Waals surface area (Å²) in [6.45, 7) is 8.31. The lowest BCUT2D eigenvalue weighted by molar-refractivity contribution is -0.0440. The lowest BCUT2D eigenvalue weighted by Gasteiger charge is -2.34. The third-order valence-corrected chi connectivity index (χ3v) is 6.99. The van der Waals surface area contributed by atoms with E-state index in [9.17, 15) is 13.2 Å². The van der Waals surface area contributed by atoms with Gasteiger partial charge in [0.05, 0.1) is 31.2 Å². The summed E-state index contributed by atoms with van der Waals surface area (Å²) in [7, 11) is -3.45. The average molecular weight is 441 g/mol. The van der Waals surface area contributed by atoms with Gasteiger partial charge in [0.2, 0.25) is 10.0 Å². The molecule has 1 aromatic carbocycles. The maximum atomic E-state index is 12.6. The van der Waals surface area contributed by atoms with Gasteiger partial charge >= 0.3 is 6.03 Å². The van der Waals surface area contributed by atoms with E-state index in [1.807, 2.05) is 38.1 Å². The molecule has 0 aliphatic carbocycles. The van der Waals surface area contributed by atoms with E-state index < -0.39 is 16.1 Å². The van der Waals surface area contributed by atoms with Gasteiger partial charge < -0.3 is 20.1 Å². The number of amides is 2. The molecular formula is C20H32N4O5S. The van der Waals surface area contributed by atoms with Gasteiger partial charge in [-0.25, -0.2) is 13.2 Å². The van der Waals surface area contributed by atoms with Crippen LogP contribution in [0, 0.1) is 0 Å². The fourth-order valence-corrected chi connectivity index (χ4v) is 5.22. The molecule has 3 rings (SSSR count). The highest BCUT2D eigenvalue weighted by molar-refractivity contribution is 7.89. The van der Waals surface area contributed by atoms with Gasteiger partial charge in [0.25, 0.3) is 0 Å². The molecule has 168 valence electrons. The maximum absolute atomic E-state index is 12.6. The van der Waals surface area contributed by atoms with Crippen LogP contribution in [0.5, 0.6) is 0 Å². The fourth-order valence-electron chi connectivity index (χ4n) is 3.73. The topological polar surface area (TPSA) is 100 Å². The number of ether oxygens (including phenoxy) is 2. The highest BCUT2D eigenvalue weighted by atomic mass is 32.2. The van der Waals surface area contributed by atoms with Crippen molar-refractivity contribution in [2.45, 2.75) is 32.6 Å². The predicted molar refractivity (Wildman–Crippen MR) is 115 cm³/mol. The molecule has 1 aromatic rings. The second kappa shape index (κ2) is 10.5. The monoisotopic (exact) mass is 440 g/mol. The first-order valence-corrected chi connectivity index (χ1v) is 12.0. The Morgan fingerprint density at radius 2 is 1.80 bits per heavy atom. The highest BCUT2D eigenvalue weighted by Crippen LogP contribution is 2.18. The van der Waals surface area contributed by atoms with E-state index >= 15 is 0 Å². The van der Waals surface area contributed by atoms with Crippen LogP contribution in [0.4, 0.5) is 10.5 Å². The summed E-state index contributed by atoms with van der Waals surface area (Å²) in [6, 6.07) is 7.22. The second-order valence-corrected chi connectivity index (χ2v) is 9.91. The second-order valence-electron chi connectivity index (χ2n) is 7.82. The number of urea groups is 1. The van der Waals surface area contributed by atoms with E-state index in [0.29, 0.717) is 26.3 Å². The quantitative estimate of drug-likeness (QED) is 0.658. The van der Waals surface area contributed by atoms with Crippen molar-refractivity contribution in [1.29, 1.82) is 0 Å². The summed E-state index contributed by atoms with van der Waals surface area (Å²) in [5.41, 5.74) is 1.73. The summed E-state index contributed by atoms with van der Waals surface area (Å²) < 4.78 is 37.6. The van der Waals surface area contributed by atoms with Crippen molar-refractivity contribution in [3.05, 3.63) is 29.8 Å². The zero-order valence-electron chi connectivity index (χ0n) is 17.7. The predicted octanol–water partition coefficient (Wildman–Crippen LogP) is 1.08. The largest absolute Gasteiger partial charge is 0.379 e. The molecule has 9 nitrogen and oxygen atoms in total. The number of benzene rings is 1. The number of nitrogens with one attached hydrogen (secondary N) is 2. The summed E-state index contributed by atoms with van der Waals surface area (Å²) in [5, 5.41) is 5.50. The van der Waals surface area contributed by atoms with Gasteiger partial charge in [0, 0.05) is 45.0 Å². The first-order chi connectivity index (χ1) is 14.3. The number of nitrogens with zero attached hydrogens (tertiary/aromatic N) is 2. The van der Waals surface area contributed by atoms with Crippen LogP contribution in [-0.4, -0.2) is 87.6 Å². The molecule has 0 aromatic heterocycles. The van der Waals surface area contributed by atoms with E-state index in [1.54, 1.807) is 0 Å². The molecule has 0 spiro atoms. The van der Waals surface area contributed by atoms with Crippen LogP contribution in [-0.2, 0) is 26.0 Å². The molecule has 2 atom stereocenters. The van der Waals surface area contributed by atoms with Gasteiger partial charge in [-0.1, -0.05) is 18.2 Å². The number of para-hydroxylation sites is 1. The van der Waals surface area contributed by atoms with Crippen molar-refractivity contribution in [1.82, 2.24) is 14.5 Å². The summed E-state index contributed by atoms with van der Waals surface area (Å²) >= 11 is 0. The number of rotatable bonds is 7. The van der Waals surface area contributed by atoms with Gasteiger partial charge in [-0.05, 0) is 25.5 Å². The van der Waals surface area contributed by atoms with Gasteiger partial charge in [0.1, 0.15) is 0 Å². The van der Waals surface area contributed by atoms with Crippen LogP contribution in [0.1, 0.15) is 19.4 Å². The van der Waals surface area contributed by atoms with Gasteiger partial charge in [-0.15, -0.1) is 0 Å². The Labute approximate surface area is 178 Å². The van der Waals surface area contributed by atoms with E-state index in [-0.39, 0.29) is 24.5 Å². The average Bonchev–Trinajstić information content (AvgIpc) is 2.69. The number of carbonyl (C=O) groups is 1. The molecule has 2 amide bonds. The number of hydrogen-bond donors (Lipinski definition) is 2. The van der Waals surface area contributed by atoms with Gasteiger partial charge in [0.15, 0.2) is 0 Å².